The van der Waals surface area contributed by atoms with Crippen molar-refractivity contribution in [3.63, 3.8) is 0 Å². The summed E-state index contributed by atoms with van der Waals surface area (Å²) < 4.78 is 10.6. The number of nitrogens with zero attached hydrogens (tertiary/aromatic N) is 1. The van der Waals surface area contributed by atoms with Crippen molar-refractivity contribution in [2.45, 2.75) is 6.54 Å². The molecule has 0 saturated carbocycles. The molecule has 0 atom stereocenters. The fourth-order valence-corrected chi connectivity index (χ4v) is 2.62. The topological polar surface area (TPSA) is 55.8 Å². The summed E-state index contributed by atoms with van der Waals surface area (Å²) in [6, 6.07) is 12.2. The van der Waals surface area contributed by atoms with Crippen molar-refractivity contribution in [1.29, 1.82) is 0 Å². The largest absolute Gasteiger partial charge is 0.496 e. The Bertz CT molecular complexity index is 697. The van der Waals surface area contributed by atoms with Crippen molar-refractivity contribution in [2.75, 3.05) is 14.2 Å². The number of hydrogen-bond donors (Lipinski definition) is 0. The first kappa shape index (κ1) is 14.1. The van der Waals surface area contributed by atoms with E-state index in [1.54, 1.807) is 56.7 Å². The average Bonchev–Trinajstić information content (AvgIpc) is 2.80. The lowest BCUT2D eigenvalue weighted by molar-refractivity contribution is 0.0640. The fraction of sp³-hybridized carbons (Fsp3) is 0.176. The van der Waals surface area contributed by atoms with Crippen LogP contribution in [0.4, 0.5) is 0 Å². The van der Waals surface area contributed by atoms with Gasteiger partial charge >= 0.3 is 0 Å². The molecule has 22 heavy (non-hydrogen) atoms. The highest BCUT2D eigenvalue weighted by atomic mass is 16.5. The number of carbonyl (C=O) groups excluding carboxylic acids is 2. The van der Waals surface area contributed by atoms with E-state index in [9.17, 15) is 9.59 Å². The van der Waals surface area contributed by atoms with E-state index < -0.39 is 0 Å². The number of imide groups is 1. The van der Waals surface area contributed by atoms with E-state index in [-0.39, 0.29) is 18.4 Å². The number of carbonyl (C=O) groups is 2. The van der Waals surface area contributed by atoms with E-state index in [4.69, 9.17) is 9.47 Å². The second kappa shape index (κ2) is 5.52. The summed E-state index contributed by atoms with van der Waals surface area (Å²) in [5, 5.41) is 0. The van der Waals surface area contributed by atoms with Crippen molar-refractivity contribution in [3.05, 3.63) is 59.2 Å². The van der Waals surface area contributed by atoms with Crippen molar-refractivity contribution in [2.24, 2.45) is 0 Å². The van der Waals surface area contributed by atoms with Crippen LogP contribution >= 0.6 is 0 Å². The second-order valence-electron chi connectivity index (χ2n) is 4.88. The summed E-state index contributed by atoms with van der Waals surface area (Å²) in [4.78, 5) is 26.1. The molecule has 0 aromatic heterocycles. The smallest absolute Gasteiger partial charge is 0.261 e. The molecule has 3 rings (SSSR count). The van der Waals surface area contributed by atoms with Gasteiger partial charge in [0.1, 0.15) is 11.5 Å². The van der Waals surface area contributed by atoms with Gasteiger partial charge < -0.3 is 9.47 Å². The van der Waals surface area contributed by atoms with E-state index >= 15 is 0 Å². The molecule has 0 spiro atoms. The zero-order valence-electron chi connectivity index (χ0n) is 12.3. The molecule has 1 aliphatic heterocycles. The number of ether oxygens (including phenoxy) is 2. The van der Waals surface area contributed by atoms with E-state index in [0.717, 1.165) is 0 Å². The number of benzene rings is 2. The van der Waals surface area contributed by atoms with Crippen LogP contribution in [0.3, 0.4) is 0 Å². The molecule has 0 radical (unpaired) electrons. The lowest BCUT2D eigenvalue weighted by Crippen LogP contribution is -2.29. The van der Waals surface area contributed by atoms with Gasteiger partial charge in [-0.2, -0.15) is 0 Å². The maximum absolute atomic E-state index is 12.4. The Kier molecular flexibility index (Phi) is 3.55. The minimum absolute atomic E-state index is 0.111. The summed E-state index contributed by atoms with van der Waals surface area (Å²) in [5.41, 5.74) is 1.53. The fourth-order valence-electron chi connectivity index (χ4n) is 2.62. The molecule has 5 nitrogen and oxygen atoms in total. The first-order chi connectivity index (χ1) is 10.7. The Balaban J connectivity index is 1.99. The highest BCUT2D eigenvalue weighted by Crippen LogP contribution is 2.32. The second-order valence-corrected chi connectivity index (χ2v) is 4.88. The van der Waals surface area contributed by atoms with E-state index in [1.165, 1.54) is 4.90 Å². The van der Waals surface area contributed by atoms with Crippen molar-refractivity contribution in [1.82, 2.24) is 4.90 Å². The monoisotopic (exact) mass is 297 g/mol. The van der Waals surface area contributed by atoms with Crippen LogP contribution in [0, 0.1) is 0 Å². The Morgan fingerprint density at radius 1 is 0.818 bits per heavy atom. The standard InChI is InChI=1S/C17H15NO4/c1-21-14-8-5-9-15(22-2)13(14)10-18-16(19)11-6-3-4-7-12(11)17(18)20/h3-9H,10H2,1-2H3. The molecular formula is C17H15NO4. The molecule has 0 saturated heterocycles. The van der Waals surface area contributed by atoms with E-state index in [2.05, 4.69) is 0 Å². The van der Waals surface area contributed by atoms with E-state index in [0.29, 0.717) is 28.2 Å². The quantitative estimate of drug-likeness (QED) is 0.814. The predicted octanol–water partition coefficient (Wildman–Crippen LogP) is 2.50. The number of amides is 2. The third kappa shape index (κ3) is 2.11. The summed E-state index contributed by atoms with van der Waals surface area (Å²) in [6.07, 6.45) is 0. The SMILES string of the molecule is COc1cccc(OC)c1CN1C(=O)c2ccccc2C1=O. The van der Waals surface area contributed by atoms with Gasteiger partial charge in [0.2, 0.25) is 0 Å². The lowest BCUT2D eigenvalue weighted by Gasteiger charge is -2.18. The third-order valence-electron chi connectivity index (χ3n) is 3.72. The molecular weight excluding hydrogens is 282 g/mol. The summed E-state index contributed by atoms with van der Waals surface area (Å²) in [7, 11) is 3.08. The maximum Gasteiger partial charge on any atom is 0.261 e. The Hall–Kier alpha value is -2.82. The highest BCUT2D eigenvalue weighted by molar-refractivity contribution is 6.21. The number of fused-ring (bicyclic) bond motifs is 1. The molecule has 0 aliphatic carbocycles. The summed E-state index contributed by atoms with van der Waals surface area (Å²) >= 11 is 0. The molecule has 0 bridgehead atoms. The van der Waals surface area contributed by atoms with Crippen LogP contribution in [-0.4, -0.2) is 30.9 Å². The van der Waals surface area contributed by atoms with Gasteiger partial charge in [-0.25, -0.2) is 0 Å². The molecule has 2 aromatic carbocycles. The van der Waals surface area contributed by atoms with Gasteiger partial charge in [0, 0.05) is 0 Å². The molecule has 0 N–H and O–H groups in total. The van der Waals surface area contributed by atoms with Gasteiger partial charge in [-0.15, -0.1) is 0 Å². The van der Waals surface area contributed by atoms with Gasteiger partial charge in [-0.05, 0) is 24.3 Å². The summed E-state index contributed by atoms with van der Waals surface area (Å²) in [6.45, 7) is 0.111. The van der Waals surface area contributed by atoms with E-state index in [1.807, 2.05) is 0 Å². The van der Waals surface area contributed by atoms with Gasteiger partial charge in [0.15, 0.2) is 0 Å². The third-order valence-corrected chi connectivity index (χ3v) is 3.72. The van der Waals surface area contributed by atoms with Crippen LogP contribution in [0.2, 0.25) is 0 Å². The zero-order valence-corrected chi connectivity index (χ0v) is 12.3. The first-order valence-corrected chi connectivity index (χ1v) is 6.82. The minimum Gasteiger partial charge on any atom is -0.496 e. The number of methoxy groups -OCH3 is 2. The molecule has 5 heteroatoms. The molecule has 0 unspecified atom stereocenters. The van der Waals surface area contributed by atoms with Crippen LogP contribution in [0.15, 0.2) is 42.5 Å². The van der Waals surface area contributed by atoms with Crippen molar-refractivity contribution in [3.8, 4) is 11.5 Å². The Labute approximate surface area is 128 Å². The van der Waals surface area contributed by atoms with Crippen LogP contribution in [0.25, 0.3) is 0 Å². The zero-order chi connectivity index (χ0) is 15.7. The van der Waals surface area contributed by atoms with Crippen molar-refractivity contribution < 1.29 is 19.1 Å². The molecule has 1 heterocycles. The normalized spacial score (nSPS) is 13.3. The average molecular weight is 297 g/mol. The molecule has 1 aliphatic rings. The van der Waals surface area contributed by atoms with Crippen LogP contribution in [0.5, 0.6) is 11.5 Å². The number of hydrogen-bond acceptors (Lipinski definition) is 4. The minimum atomic E-state index is -0.298. The van der Waals surface area contributed by atoms with Crippen molar-refractivity contribution >= 4 is 11.8 Å². The molecule has 2 aromatic rings. The van der Waals surface area contributed by atoms with Crippen LogP contribution in [-0.2, 0) is 6.54 Å². The maximum atomic E-state index is 12.4. The molecule has 112 valence electrons. The summed E-state index contributed by atoms with van der Waals surface area (Å²) in [5.74, 6) is 0.564. The highest BCUT2D eigenvalue weighted by Gasteiger charge is 2.36. The lowest BCUT2D eigenvalue weighted by atomic mass is 10.1. The van der Waals surface area contributed by atoms with Gasteiger partial charge in [-0.3, -0.25) is 14.5 Å². The molecule has 0 fully saturated rings. The van der Waals surface area contributed by atoms with Crippen LogP contribution < -0.4 is 9.47 Å². The van der Waals surface area contributed by atoms with Crippen LogP contribution in [0.1, 0.15) is 26.3 Å². The molecule has 2 amide bonds. The first-order valence-electron chi connectivity index (χ1n) is 6.82. The predicted molar refractivity (Wildman–Crippen MR) is 80.2 cm³/mol. The van der Waals surface area contributed by atoms with Gasteiger partial charge in [0.25, 0.3) is 11.8 Å². The van der Waals surface area contributed by atoms with Gasteiger partial charge in [-0.1, -0.05) is 18.2 Å². The number of rotatable bonds is 4. The Morgan fingerprint density at radius 3 is 1.77 bits per heavy atom. The van der Waals surface area contributed by atoms with Gasteiger partial charge in [0.05, 0.1) is 37.5 Å². The Morgan fingerprint density at radius 2 is 1.32 bits per heavy atom.